The zero-order valence-electron chi connectivity index (χ0n) is 20.3. The second-order valence-corrected chi connectivity index (χ2v) is 11.9. The highest BCUT2D eigenvalue weighted by molar-refractivity contribution is 14.1. The topological polar surface area (TPSA) is 112 Å². The summed E-state index contributed by atoms with van der Waals surface area (Å²) in [5.74, 6) is 3.55. The van der Waals surface area contributed by atoms with E-state index in [-0.39, 0.29) is 24.8 Å². The van der Waals surface area contributed by atoms with Crippen molar-refractivity contribution in [1.29, 1.82) is 0 Å². The Kier molecular flexibility index (Phi) is 10.1. The molecule has 1 aliphatic heterocycles. The van der Waals surface area contributed by atoms with Crippen molar-refractivity contribution in [3.63, 3.8) is 0 Å². The van der Waals surface area contributed by atoms with Gasteiger partial charge < -0.3 is 14.2 Å². The maximum atomic E-state index is 12.2. The Balaban J connectivity index is 1.29. The molecule has 0 unspecified atom stereocenters. The Labute approximate surface area is 242 Å². The third kappa shape index (κ3) is 7.77. The van der Waals surface area contributed by atoms with Gasteiger partial charge in [0.25, 0.3) is 11.6 Å². The maximum Gasteiger partial charge on any atom is 0.277 e. The Morgan fingerprint density at radius 3 is 2.63 bits per heavy atom. The number of nitro benzene ring substituents is 1. The molecule has 0 saturated carbocycles. The number of nitro groups is 1. The number of carbonyl (C=O) groups excluding carboxylic acids is 1. The minimum Gasteiger partial charge on any atom is -0.493 e. The van der Waals surface area contributed by atoms with Gasteiger partial charge in [0.1, 0.15) is 12.4 Å². The van der Waals surface area contributed by atoms with Crippen LogP contribution in [0, 0.1) is 13.7 Å². The van der Waals surface area contributed by atoms with Crippen LogP contribution >= 0.6 is 46.1 Å². The fourth-order valence-electron chi connectivity index (χ4n) is 3.50. The van der Waals surface area contributed by atoms with Crippen LogP contribution in [0.15, 0.2) is 65.8 Å². The summed E-state index contributed by atoms with van der Waals surface area (Å²) in [6.07, 6.45) is 1.50. The van der Waals surface area contributed by atoms with Crippen LogP contribution in [0.3, 0.4) is 0 Å². The van der Waals surface area contributed by atoms with Crippen molar-refractivity contribution in [3.05, 3.63) is 91.0 Å². The first-order valence-corrected chi connectivity index (χ1v) is 14.6. The van der Waals surface area contributed by atoms with E-state index in [4.69, 9.17) is 14.2 Å². The van der Waals surface area contributed by atoms with E-state index in [2.05, 4.69) is 33.1 Å². The summed E-state index contributed by atoms with van der Waals surface area (Å²) in [6, 6.07) is 17.6. The predicted octanol–water partition coefficient (Wildman–Crippen LogP) is 5.79. The number of halogens is 1. The average molecular weight is 666 g/mol. The van der Waals surface area contributed by atoms with Crippen molar-refractivity contribution < 1.29 is 23.9 Å². The number of ether oxygens (including phenoxy) is 3. The van der Waals surface area contributed by atoms with E-state index in [0.29, 0.717) is 33.0 Å². The van der Waals surface area contributed by atoms with Crippen LogP contribution in [-0.4, -0.2) is 42.3 Å². The van der Waals surface area contributed by atoms with Crippen molar-refractivity contribution in [3.8, 4) is 17.2 Å². The van der Waals surface area contributed by atoms with Gasteiger partial charge in [-0.1, -0.05) is 24.3 Å². The van der Waals surface area contributed by atoms with E-state index in [1.807, 2.05) is 53.9 Å². The number of rotatable bonds is 11. The molecule has 1 N–H and O–H groups in total. The molecule has 0 radical (unpaired) electrons. The smallest absolute Gasteiger partial charge is 0.277 e. The number of nitrogens with one attached hydrogen (secondary N) is 1. The second-order valence-electron chi connectivity index (χ2n) is 7.97. The first kappa shape index (κ1) is 28.0. The third-order valence-electron chi connectivity index (χ3n) is 5.30. The van der Waals surface area contributed by atoms with Crippen LogP contribution in [0.1, 0.15) is 21.3 Å². The Bertz CT molecular complexity index is 1320. The van der Waals surface area contributed by atoms with Crippen LogP contribution in [0.2, 0.25) is 0 Å². The van der Waals surface area contributed by atoms with Crippen LogP contribution < -0.4 is 19.6 Å². The van der Waals surface area contributed by atoms with Gasteiger partial charge in [-0.25, -0.2) is 5.43 Å². The van der Waals surface area contributed by atoms with Gasteiger partial charge in [0.05, 0.1) is 26.4 Å². The van der Waals surface area contributed by atoms with Gasteiger partial charge in [-0.3, -0.25) is 14.9 Å². The second kappa shape index (κ2) is 13.7. The fourth-order valence-corrected chi connectivity index (χ4v) is 7.14. The summed E-state index contributed by atoms with van der Waals surface area (Å²) in [5.41, 5.74) is 5.07. The van der Waals surface area contributed by atoms with E-state index in [0.717, 1.165) is 3.57 Å². The number of methoxy groups -OCH3 is 1. The molecule has 0 spiro atoms. The summed E-state index contributed by atoms with van der Waals surface area (Å²) in [7, 11) is 1.52. The summed E-state index contributed by atoms with van der Waals surface area (Å²) in [6.45, 7) is -0.0202. The summed E-state index contributed by atoms with van der Waals surface area (Å²) >= 11 is 5.99. The number of carbonyl (C=O) groups is 1. The van der Waals surface area contributed by atoms with Crippen molar-refractivity contribution in [2.45, 2.75) is 11.2 Å². The predicted molar refractivity (Wildman–Crippen MR) is 158 cm³/mol. The summed E-state index contributed by atoms with van der Waals surface area (Å²) in [5, 5.41) is 15.0. The zero-order chi connectivity index (χ0) is 26.9. The van der Waals surface area contributed by atoms with Crippen LogP contribution in [0.25, 0.3) is 0 Å². The lowest BCUT2D eigenvalue weighted by Gasteiger charge is -2.13. The molecule has 0 aliphatic carbocycles. The average Bonchev–Trinajstić information content (AvgIpc) is 3.46. The minimum absolute atomic E-state index is 0.00219. The van der Waals surface area contributed by atoms with Crippen LogP contribution in [0.5, 0.6) is 17.2 Å². The fraction of sp³-hybridized carbons (Fsp3) is 0.231. The molecule has 0 atom stereocenters. The number of thioether (sulfide) groups is 2. The minimum atomic E-state index is -0.445. The van der Waals surface area contributed by atoms with Gasteiger partial charge in [0, 0.05) is 23.6 Å². The first-order chi connectivity index (χ1) is 18.4. The van der Waals surface area contributed by atoms with E-state index in [1.165, 1.54) is 42.5 Å². The molecule has 0 bridgehead atoms. The lowest BCUT2D eigenvalue weighted by atomic mass is 10.2. The van der Waals surface area contributed by atoms with Crippen LogP contribution in [0.4, 0.5) is 5.69 Å². The zero-order valence-corrected chi connectivity index (χ0v) is 24.1. The first-order valence-electron chi connectivity index (χ1n) is 11.4. The number of amides is 1. The number of benzene rings is 3. The monoisotopic (exact) mass is 665 g/mol. The number of non-ortho nitro benzene ring substituents is 1. The molecular weight excluding hydrogens is 641 g/mol. The van der Waals surface area contributed by atoms with Gasteiger partial charge in [-0.15, -0.1) is 23.5 Å². The molecular formula is C26H24IN3O6S2. The standard InChI is InChI=1S/C26H24IN3O6S2/c1-34-23-13-18(12-22(27)25(23)36-15-17-3-2-4-20(11-17)30(32)33)14-28-29-24(31)16-35-21-7-5-19(6-8-21)26-37-9-10-38-26/h2-8,11-14,26H,9-10,15-16H2,1H3,(H,29,31)/b28-14-. The SMILES string of the molecule is COc1cc(/C=N\NC(=O)COc2ccc(C3SCCS3)cc2)cc(I)c1OCc1cccc([N+](=O)[O-])c1. The molecule has 3 aromatic rings. The van der Waals surface area contributed by atoms with Gasteiger partial charge in [0.2, 0.25) is 0 Å². The molecule has 12 heteroatoms. The van der Waals surface area contributed by atoms with E-state index >= 15 is 0 Å². The van der Waals surface area contributed by atoms with Gasteiger partial charge in [-0.05, 0) is 63.5 Å². The quantitative estimate of drug-likeness (QED) is 0.119. The molecule has 0 aromatic heterocycles. The molecule has 3 aromatic carbocycles. The highest BCUT2D eigenvalue weighted by atomic mass is 127. The highest BCUT2D eigenvalue weighted by Gasteiger charge is 2.18. The number of hydrogen-bond acceptors (Lipinski definition) is 9. The van der Waals surface area contributed by atoms with Gasteiger partial charge in [0.15, 0.2) is 18.1 Å². The molecule has 1 aliphatic rings. The lowest BCUT2D eigenvalue weighted by molar-refractivity contribution is -0.384. The highest BCUT2D eigenvalue weighted by Crippen LogP contribution is 2.45. The normalized spacial score (nSPS) is 13.4. The molecule has 1 fully saturated rings. The van der Waals surface area contributed by atoms with Crippen molar-refractivity contribution in [1.82, 2.24) is 5.43 Å². The lowest BCUT2D eigenvalue weighted by Crippen LogP contribution is -2.24. The Morgan fingerprint density at radius 1 is 1.16 bits per heavy atom. The van der Waals surface area contributed by atoms with Gasteiger partial charge >= 0.3 is 0 Å². The summed E-state index contributed by atoms with van der Waals surface area (Å²) in [4.78, 5) is 22.7. The number of hydrogen-bond donors (Lipinski definition) is 1. The third-order valence-corrected chi connectivity index (χ3v) is 9.21. The maximum absolute atomic E-state index is 12.2. The Hall–Kier alpha value is -2.97. The van der Waals surface area contributed by atoms with E-state index in [9.17, 15) is 14.9 Å². The molecule has 4 rings (SSSR count). The van der Waals surface area contributed by atoms with Crippen molar-refractivity contribution >= 4 is 63.9 Å². The molecule has 1 saturated heterocycles. The van der Waals surface area contributed by atoms with E-state index in [1.54, 1.807) is 18.2 Å². The van der Waals surface area contributed by atoms with Gasteiger partial charge in [-0.2, -0.15) is 5.10 Å². The molecule has 1 amide bonds. The Morgan fingerprint density at radius 2 is 1.92 bits per heavy atom. The molecule has 9 nitrogen and oxygen atoms in total. The van der Waals surface area contributed by atoms with Crippen molar-refractivity contribution in [2.75, 3.05) is 25.2 Å². The van der Waals surface area contributed by atoms with E-state index < -0.39 is 4.92 Å². The molecule has 198 valence electrons. The number of nitrogens with zero attached hydrogens (tertiary/aromatic N) is 2. The van der Waals surface area contributed by atoms with Crippen molar-refractivity contribution in [2.24, 2.45) is 5.10 Å². The summed E-state index contributed by atoms with van der Waals surface area (Å²) < 4.78 is 18.2. The molecule has 1 heterocycles. The number of hydrazone groups is 1. The molecule has 38 heavy (non-hydrogen) atoms. The largest absolute Gasteiger partial charge is 0.493 e. The van der Waals surface area contributed by atoms with Crippen LogP contribution in [-0.2, 0) is 11.4 Å².